The van der Waals surface area contributed by atoms with Gasteiger partial charge in [0.15, 0.2) is 0 Å². The molecule has 2 heterocycles. The molecule has 2 aromatic heterocycles. The summed E-state index contributed by atoms with van der Waals surface area (Å²) in [5.41, 5.74) is 2.22. The molecule has 0 spiro atoms. The average Bonchev–Trinajstić information content (AvgIpc) is 3.22. The Balaban J connectivity index is 1.87. The molecule has 0 fully saturated rings. The van der Waals surface area contributed by atoms with Crippen LogP contribution in [0.3, 0.4) is 0 Å². The topological polar surface area (TPSA) is 109 Å². The van der Waals surface area contributed by atoms with Gasteiger partial charge < -0.3 is 19.2 Å². The van der Waals surface area contributed by atoms with Gasteiger partial charge in [-0.2, -0.15) is 0 Å². The minimum absolute atomic E-state index is 0.0100. The van der Waals surface area contributed by atoms with Gasteiger partial charge in [-0.15, -0.1) is 10.2 Å². The number of benzene rings is 1. The van der Waals surface area contributed by atoms with Crippen molar-refractivity contribution in [2.75, 3.05) is 26.3 Å². The van der Waals surface area contributed by atoms with Gasteiger partial charge in [0.05, 0.1) is 19.8 Å². The Bertz CT molecular complexity index is 794. The van der Waals surface area contributed by atoms with E-state index in [0.29, 0.717) is 48.4 Å². The SMILES string of the molecule is Cc1onc(-c2ccccc2)c1-c1nnc(CN(CCO)CCO)o1. The molecular formula is C17H20N4O4. The summed E-state index contributed by atoms with van der Waals surface area (Å²) in [5.74, 6) is 1.33. The van der Waals surface area contributed by atoms with Crippen molar-refractivity contribution in [1.82, 2.24) is 20.3 Å². The second kappa shape index (κ2) is 8.02. The maximum atomic E-state index is 9.08. The van der Waals surface area contributed by atoms with Crippen LogP contribution in [0.1, 0.15) is 11.7 Å². The smallest absolute Gasteiger partial charge is 0.253 e. The Morgan fingerprint density at radius 3 is 2.44 bits per heavy atom. The van der Waals surface area contributed by atoms with E-state index >= 15 is 0 Å². The van der Waals surface area contributed by atoms with E-state index in [1.165, 1.54) is 0 Å². The van der Waals surface area contributed by atoms with E-state index in [2.05, 4.69) is 15.4 Å². The van der Waals surface area contributed by atoms with E-state index < -0.39 is 0 Å². The van der Waals surface area contributed by atoms with Crippen LogP contribution in [-0.4, -0.2) is 56.8 Å². The predicted molar refractivity (Wildman–Crippen MR) is 89.4 cm³/mol. The highest BCUT2D eigenvalue weighted by Crippen LogP contribution is 2.33. The second-order valence-electron chi connectivity index (χ2n) is 5.55. The number of aromatic nitrogens is 3. The molecule has 8 nitrogen and oxygen atoms in total. The lowest BCUT2D eigenvalue weighted by Crippen LogP contribution is -2.29. The summed E-state index contributed by atoms with van der Waals surface area (Å²) >= 11 is 0. The fourth-order valence-electron chi connectivity index (χ4n) is 2.58. The largest absolute Gasteiger partial charge is 0.419 e. The molecule has 3 aromatic rings. The highest BCUT2D eigenvalue weighted by molar-refractivity contribution is 5.77. The molecule has 1 aromatic carbocycles. The van der Waals surface area contributed by atoms with Gasteiger partial charge >= 0.3 is 0 Å². The molecule has 0 amide bonds. The Morgan fingerprint density at radius 2 is 1.76 bits per heavy atom. The second-order valence-corrected chi connectivity index (χ2v) is 5.55. The fraction of sp³-hybridized carbons (Fsp3) is 0.353. The molecule has 8 heteroatoms. The predicted octanol–water partition coefficient (Wildman–Crippen LogP) is 1.49. The number of rotatable bonds is 8. The van der Waals surface area contributed by atoms with E-state index in [9.17, 15) is 0 Å². The molecule has 0 unspecified atom stereocenters. The van der Waals surface area contributed by atoms with Gasteiger partial charge in [0.1, 0.15) is 17.0 Å². The average molecular weight is 344 g/mol. The first kappa shape index (κ1) is 17.3. The molecule has 25 heavy (non-hydrogen) atoms. The van der Waals surface area contributed by atoms with E-state index in [1.54, 1.807) is 6.92 Å². The standard InChI is InChI=1S/C17H20N4O4/c1-12-15(16(20-25-12)13-5-3-2-4-6-13)17-19-18-14(24-17)11-21(7-9-22)8-10-23/h2-6,22-23H,7-11H2,1H3. The molecule has 2 N–H and O–H groups in total. The van der Waals surface area contributed by atoms with Gasteiger partial charge in [-0.05, 0) is 6.92 Å². The van der Waals surface area contributed by atoms with Gasteiger partial charge in [-0.1, -0.05) is 35.5 Å². The number of hydrogen-bond donors (Lipinski definition) is 2. The van der Waals surface area contributed by atoms with Crippen molar-refractivity contribution in [3.05, 3.63) is 42.0 Å². The van der Waals surface area contributed by atoms with Gasteiger partial charge in [0, 0.05) is 18.7 Å². The van der Waals surface area contributed by atoms with E-state index in [0.717, 1.165) is 5.56 Å². The molecule has 0 radical (unpaired) electrons. The Hall–Kier alpha value is -2.55. The van der Waals surface area contributed by atoms with Gasteiger partial charge in [-0.3, -0.25) is 4.90 Å². The number of aliphatic hydroxyl groups is 2. The van der Waals surface area contributed by atoms with Crippen LogP contribution < -0.4 is 0 Å². The van der Waals surface area contributed by atoms with Crippen molar-refractivity contribution in [2.45, 2.75) is 13.5 Å². The third-order valence-electron chi connectivity index (χ3n) is 3.78. The fourth-order valence-corrected chi connectivity index (χ4v) is 2.58. The zero-order valence-electron chi connectivity index (χ0n) is 13.9. The molecule has 0 saturated heterocycles. The van der Waals surface area contributed by atoms with Crippen molar-refractivity contribution in [1.29, 1.82) is 0 Å². The molecule has 0 aliphatic heterocycles. The summed E-state index contributed by atoms with van der Waals surface area (Å²) in [7, 11) is 0. The van der Waals surface area contributed by atoms with E-state index in [1.807, 2.05) is 35.2 Å². The lowest BCUT2D eigenvalue weighted by atomic mass is 10.1. The first-order valence-corrected chi connectivity index (χ1v) is 8.01. The summed E-state index contributed by atoms with van der Waals surface area (Å²) in [4.78, 5) is 1.83. The zero-order chi connectivity index (χ0) is 17.6. The van der Waals surface area contributed by atoms with E-state index in [-0.39, 0.29) is 13.2 Å². The maximum Gasteiger partial charge on any atom is 0.253 e. The molecule has 0 bridgehead atoms. The summed E-state index contributed by atoms with van der Waals surface area (Å²) < 4.78 is 11.1. The first-order chi connectivity index (χ1) is 12.2. The molecule has 0 atom stereocenters. The normalized spacial score (nSPS) is 11.4. The number of hydrogen-bond acceptors (Lipinski definition) is 8. The maximum absolute atomic E-state index is 9.08. The van der Waals surface area contributed by atoms with Gasteiger partial charge in [0.2, 0.25) is 5.89 Å². The van der Waals surface area contributed by atoms with Crippen molar-refractivity contribution >= 4 is 0 Å². The molecule has 3 rings (SSSR count). The lowest BCUT2D eigenvalue weighted by molar-refractivity contribution is 0.147. The minimum Gasteiger partial charge on any atom is -0.419 e. The van der Waals surface area contributed by atoms with Crippen LogP contribution in [0, 0.1) is 6.92 Å². The highest BCUT2D eigenvalue weighted by atomic mass is 16.5. The third-order valence-corrected chi connectivity index (χ3v) is 3.78. The van der Waals surface area contributed by atoms with Crippen LogP contribution in [-0.2, 0) is 6.54 Å². The van der Waals surface area contributed by atoms with Crippen LogP contribution in [0.2, 0.25) is 0 Å². The van der Waals surface area contributed by atoms with Crippen molar-refractivity contribution in [2.24, 2.45) is 0 Å². The van der Waals surface area contributed by atoms with Crippen molar-refractivity contribution in [3.8, 4) is 22.7 Å². The quantitative estimate of drug-likeness (QED) is 0.632. The molecule has 132 valence electrons. The Kier molecular flexibility index (Phi) is 5.54. The summed E-state index contributed by atoms with van der Waals surface area (Å²) in [5, 5.41) is 30.5. The molecule has 0 saturated carbocycles. The number of aliphatic hydroxyl groups excluding tert-OH is 2. The summed E-state index contributed by atoms with van der Waals surface area (Å²) in [6.45, 7) is 2.95. The van der Waals surface area contributed by atoms with Gasteiger partial charge in [0.25, 0.3) is 5.89 Å². The summed E-state index contributed by atoms with van der Waals surface area (Å²) in [6, 6.07) is 9.64. The highest BCUT2D eigenvalue weighted by Gasteiger charge is 2.22. The van der Waals surface area contributed by atoms with Crippen LogP contribution in [0.4, 0.5) is 0 Å². The van der Waals surface area contributed by atoms with Crippen LogP contribution >= 0.6 is 0 Å². The summed E-state index contributed by atoms with van der Waals surface area (Å²) in [6.07, 6.45) is 0. The molecule has 0 aliphatic carbocycles. The van der Waals surface area contributed by atoms with Crippen molar-refractivity contribution in [3.63, 3.8) is 0 Å². The van der Waals surface area contributed by atoms with Crippen molar-refractivity contribution < 1.29 is 19.2 Å². The van der Waals surface area contributed by atoms with E-state index in [4.69, 9.17) is 19.2 Å². The Morgan fingerprint density at radius 1 is 1.04 bits per heavy atom. The lowest BCUT2D eigenvalue weighted by Gasteiger charge is -2.17. The van der Waals surface area contributed by atoms with Crippen LogP contribution in [0.25, 0.3) is 22.7 Å². The van der Waals surface area contributed by atoms with Crippen LogP contribution in [0.15, 0.2) is 39.3 Å². The Labute approximate surface area is 144 Å². The first-order valence-electron chi connectivity index (χ1n) is 8.01. The zero-order valence-corrected chi connectivity index (χ0v) is 13.9. The van der Waals surface area contributed by atoms with Gasteiger partial charge in [-0.25, -0.2) is 0 Å². The van der Waals surface area contributed by atoms with Crippen LogP contribution in [0.5, 0.6) is 0 Å². The molecule has 0 aliphatic rings. The number of aryl methyl sites for hydroxylation is 1. The third kappa shape index (κ3) is 3.93. The minimum atomic E-state index is -0.0100. The monoisotopic (exact) mass is 344 g/mol. The number of nitrogens with zero attached hydrogens (tertiary/aromatic N) is 4. The molecular weight excluding hydrogens is 324 g/mol.